The molecule has 0 aliphatic rings. The second-order valence-electron chi connectivity index (χ2n) is 5.83. The molecule has 0 aliphatic heterocycles. The van der Waals surface area contributed by atoms with Crippen molar-refractivity contribution in [1.82, 2.24) is 4.98 Å². The van der Waals surface area contributed by atoms with E-state index in [-0.39, 0.29) is 19.0 Å². The first-order chi connectivity index (χ1) is 13.5. The molecule has 28 heavy (non-hydrogen) atoms. The Hall–Kier alpha value is -1.99. The van der Waals surface area contributed by atoms with Gasteiger partial charge in [0.1, 0.15) is 11.6 Å². The number of rotatable bonds is 9. The highest BCUT2D eigenvalue weighted by Crippen LogP contribution is 2.61. The van der Waals surface area contributed by atoms with Gasteiger partial charge in [0.25, 0.3) is 0 Å². The van der Waals surface area contributed by atoms with Gasteiger partial charge in [0.15, 0.2) is 10.9 Å². The Morgan fingerprint density at radius 1 is 1.14 bits per heavy atom. The van der Waals surface area contributed by atoms with Crippen molar-refractivity contribution in [2.75, 3.05) is 25.6 Å². The minimum absolute atomic E-state index is 0.216. The van der Waals surface area contributed by atoms with Gasteiger partial charge in [-0.3, -0.25) is 4.57 Å². The molecule has 0 saturated heterocycles. The summed E-state index contributed by atoms with van der Waals surface area (Å²) in [6.45, 7) is 3.93. The fraction of sp³-hybridized carbons (Fsp3) is 0.316. The van der Waals surface area contributed by atoms with Gasteiger partial charge in [0, 0.05) is 0 Å². The van der Waals surface area contributed by atoms with E-state index < -0.39 is 13.4 Å². The lowest BCUT2D eigenvalue weighted by atomic mass is 10.2. The fourth-order valence-electron chi connectivity index (χ4n) is 2.75. The molecule has 2 aromatic carbocycles. The molecule has 1 N–H and O–H groups in total. The topological polar surface area (TPSA) is 69.7 Å². The number of halogens is 1. The molecule has 150 valence electrons. The van der Waals surface area contributed by atoms with Crippen molar-refractivity contribution < 1.29 is 22.7 Å². The molecule has 0 saturated carbocycles. The maximum Gasteiger partial charge on any atom is 0.357 e. The van der Waals surface area contributed by atoms with Crippen LogP contribution in [0.15, 0.2) is 42.5 Å². The zero-order valence-corrected chi connectivity index (χ0v) is 17.6. The van der Waals surface area contributed by atoms with Gasteiger partial charge in [-0.25, -0.2) is 9.37 Å². The van der Waals surface area contributed by atoms with Crippen LogP contribution in [0.25, 0.3) is 10.2 Å². The van der Waals surface area contributed by atoms with Crippen LogP contribution in [0.2, 0.25) is 0 Å². The highest BCUT2D eigenvalue weighted by atomic mass is 32.1. The van der Waals surface area contributed by atoms with Gasteiger partial charge in [0.05, 0.1) is 30.5 Å². The molecule has 0 amide bonds. The molecule has 0 fully saturated rings. The number of hydrogen-bond donors (Lipinski definition) is 1. The number of nitrogens with one attached hydrogen (secondary N) is 1. The van der Waals surface area contributed by atoms with Gasteiger partial charge in [-0.1, -0.05) is 23.5 Å². The first-order valence-corrected chi connectivity index (χ1v) is 11.3. The quantitative estimate of drug-likeness (QED) is 0.437. The zero-order chi connectivity index (χ0) is 20.1. The minimum atomic E-state index is -3.58. The summed E-state index contributed by atoms with van der Waals surface area (Å²) in [6, 6.07) is 11.3. The predicted octanol–water partition coefficient (Wildman–Crippen LogP) is 5.82. The number of ether oxygens (including phenoxy) is 1. The van der Waals surface area contributed by atoms with Gasteiger partial charge in [-0.15, -0.1) is 0 Å². The zero-order valence-electron chi connectivity index (χ0n) is 15.8. The Kier molecular flexibility index (Phi) is 6.67. The molecular formula is C19H22FN2O4PS. The molecule has 1 atom stereocenters. The largest absolute Gasteiger partial charge is 0.497 e. The van der Waals surface area contributed by atoms with Crippen LogP contribution in [-0.2, 0) is 13.6 Å². The first kappa shape index (κ1) is 20.7. The fourth-order valence-corrected chi connectivity index (χ4v) is 5.67. The number of anilines is 1. The van der Waals surface area contributed by atoms with Gasteiger partial charge >= 0.3 is 7.60 Å². The smallest absolute Gasteiger partial charge is 0.357 e. The number of fused-ring (bicyclic) bond motifs is 1. The second-order valence-corrected chi connectivity index (χ2v) is 8.97. The van der Waals surface area contributed by atoms with Crippen LogP contribution < -0.4 is 10.1 Å². The average molecular weight is 424 g/mol. The summed E-state index contributed by atoms with van der Waals surface area (Å²) in [5.74, 6) is -0.472. The Morgan fingerprint density at radius 3 is 2.43 bits per heavy atom. The highest BCUT2D eigenvalue weighted by molar-refractivity contribution is 7.54. The van der Waals surface area contributed by atoms with E-state index in [0.717, 1.165) is 16.0 Å². The van der Waals surface area contributed by atoms with Crippen molar-refractivity contribution in [1.29, 1.82) is 0 Å². The van der Waals surface area contributed by atoms with E-state index in [2.05, 4.69) is 10.3 Å². The van der Waals surface area contributed by atoms with Crippen LogP contribution in [0.4, 0.5) is 9.52 Å². The molecule has 1 aromatic heterocycles. The molecule has 0 bridgehead atoms. The molecule has 0 unspecified atom stereocenters. The van der Waals surface area contributed by atoms with Crippen LogP contribution in [0.1, 0.15) is 25.2 Å². The minimum Gasteiger partial charge on any atom is -0.497 e. The number of methoxy groups -OCH3 is 1. The molecule has 0 radical (unpaired) electrons. The van der Waals surface area contributed by atoms with E-state index in [1.165, 1.54) is 23.5 Å². The normalized spacial score (nSPS) is 12.9. The van der Waals surface area contributed by atoms with Crippen LogP contribution in [0, 0.1) is 5.82 Å². The van der Waals surface area contributed by atoms with E-state index in [1.54, 1.807) is 33.1 Å². The molecule has 0 aliphatic carbocycles. The molecule has 6 nitrogen and oxygen atoms in total. The number of benzene rings is 2. The molecule has 3 rings (SSSR count). The van der Waals surface area contributed by atoms with Crippen molar-refractivity contribution in [3.05, 3.63) is 53.8 Å². The third-order valence-electron chi connectivity index (χ3n) is 3.98. The Balaban J connectivity index is 2.01. The lowest BCUT2D eigenvalue weighted by Gasteiger charge is -2.27. The molecule has 9 heteroatoms. The molecule has 0 spiro atoms. The SMILES string of the molecule is CCOP(=O)(OCC)[C@@H](Nc1nc2ccc(OC)cc2s1)c1ccc(F)cc1. The summed E-state index contributed by atoms with van der Waals surface area (Å²) in [5, 5.41) is 3.74. The molecular weight excluding hydrogens is 402 g/mol. The van der Waals surface area contributed by atoms with Gasteiger partial charge < -0.3 is 19.1 Å². The summed E-state index contributed by atoms with van der Waals surface area (Å²) in [5.41, 5.74) is 1.37. The Labute approximate surface area is 167 Å². The summed E-state index contributed by atoms with van der Waals surface area (Å²) >= 11 is 1.40. The summed E-state index contributed by atoms with van der Waals surface area (Å²) in [4.78, 5) is 4.55. The first-order valence-electron chi connectivity index (χ1n) is 8.84. The second kappa shape index (κ2) is 9.01. The van der Waals surface area contributed by atoms with E-state index in [1.807, 2.05) is 18.2 Å². The standard InChI is InChI=1S/C19H22FN2O4PS/c1-4-25-27(23,26-5-2)18(13-6-8-14(20)9-7-13)22-19-21-16-11-10-15(24-3)12-17(16)28-19/h6-12,18H,4-5H2,1-3H3,(H,21,22)/t18-/m1/s1. The number of thiazole rings is 1. The Morgan fingerprint density at radius 2 is 1.82 bits per heavy atom. The molecule has 1 heterocycles. The lowest BCUT2D eigenvalue weighted by Crippen LogP contribution is -2.15. The monoisotopic (exact) mass is 424 g/mol. The number of hydrogen-bond acceptors (Lipinski definition) is 7. The highest BCUT2D eigenvalue weighted by Gasteiger charge is 2.37. The third kappa shape index (κ3) is 4.52. The summed E-state index contributed by atoms with van der Waals surface area (Å²) in [6.07, 6.45) is 0. The van der Waals surface area contributed by atoms with E-state index in [0.29, 0.717) is 10.7 Å². The van der Waals surface area contributed by atoms with E-state index >= 15 is 0 Å². The van der Waals surface area contributed by atoms with Gasteiger partial charge in [-0.05, 0) is 49.7 Å². The van der Waals surface area contributed by atoms with Crippen molar-refractivity contribution in [2.45, 2.75) is 19.6 Å². The predicted molar refractivity (Wildman–Crippen MR) is 110 cm³/mol. The van der Waals surface area contributed by atoms with Crippen LogP contribution >= 0.6 is 18.9 Å². The third-order valence-corrected chi connectivity index (χ3v) is 7.22. The van der Waals surface area contributed by atoms with Crippen molar-refractivity contribution in [2.24, 2.45) is 0 Å². The number of aromatic nitrogens is 1. The van der Waals surface area contributed by atoms with Crippen LogP contribution in [0.5, 0.6) is 5.75 Å². The van der Waals surface area contributed by atoms with E-state index in [9.17, 15) is 8.96 Å². The summed E-state index contributed by atoms with van der Waals surface area (Å²) in [7, 11) is -1.98. The maximum atomic E-state index is 13.5. The number of nitrogens with zero attached hydrogens (tertiary/aromatic N) is 1. The van der Waals surface area contributed by atoms with Gasteiger partial charge in [0.2, 0.25) is 0 Å². The Bertz CT molecular complexity index is 970. The van der Waals surface area contributed by atoms with Crippen LogP contribution in [0.3, 0.4) is 0 Å². The lowest BCUT2D eigenvalue weighted by molar-refractivity contribution is 0.214. The van der Waals surface area contributed by atoms with Crippen molar-refractivity contribution in [3.63, 3.8) is 0 Å². The van der Waals surface area contributed by atoms with Crippen molar-refractivity contribution in [3.8, 4) is 5.75 Å². The maximum absolute atomic E-state index is 13.5. The average Bonchev–Trinajstić information content (AvgIpc) is 3.09. The van der Waals surface area contributed by atoms with Crippen molar-refractivity contribution >= 4 is 34.3 Å². The molecule has 3 aromatic rings. The summed E-state index contributed by atoms with van der Waals surface area (Å²) < 4.78 is 44.1. The van der Waals surface area contributed by atoms with Crippen LogP contribution in [-0.4, -0.2) is 25.3 Å². The van der Waals surface area contributed by atoms with Gasteiger partial charge in [-0.2, -0.15) is 0 Å². The van der Waals surface area contributed by atoms with E-state index in [4.69, 9.17) is 13.8 Å².